The zero-order valence-electron chi connectivity index (χ0n) is 10.8. The van der Waals surface area contributed by atoms with Gasteiger partial charge in [0.2, 0.25) is 0 Å². The van der Waals surface area contributed by atoms with Gasteiger partial charge >= 0.3 is 5.97 Å². The van der Waals surface area contributed by atoms with Crippen LogP contribution in [0.25, 0.3) is 5.65 Å². The van der Waals surface area contributed by atoms with Crippen LogP contribution >= 0.6 is 0 Å². The van der Waals surface area contributed by atoms with Crippen molar-refractivity contribution in [3.05, 3.63) is 35.8 Å². The van der Waals surface area contributed by atoms with E-state index < -0.39 is 11.5 Å². The maximum absolute atomic E-state index is 11.0. The van der Waals surface area contributed by atoms with Crippen LogP contribution in [-0.4, -0.2) is 26.0 Å². The second-order valence-corrected chi connectivity index (χ2v) is 4.99. The van der Waals surface area contributed by atoms with E-state index in [0.29, 0.717) is 6.54 Å². The third kappa shape index (κ3) is 2.51. The number of nitrogens with zero attached hydrogens (tertiary/aromatic N) is 2. The van der Waals surface area contributed by atoms with Crippen LogP contribution in [0.15, 0.2) is 24.5 Å². The summed E-state index contributed by atoms with van der Waals surface area (Å²) in [6, 6.07) is 3.95. The molecule has 0 atom stereocenters. The average molecular weight is 247 g/mol. The highest BCUT2D eigenvalue weighted by atomic mass is 16.4. The van der Waals surface area contributed by atoms with Crippen LogP contribution < -0.4 is 5.32 Å². The smallest absolute Gasteiger partial charge is 0.323 e. The molecule has 0 unspecified atom stereocenters. The summed E-state index contributed by atoms with van der Waals surface area (Å²) in [5, 5.41) is 12.0. The second kappa shape index (κ2) is 4.42. The number of hydrogen-bond acceptors (Lipinski definition) is 3. The molecular formula is C13H17N3O2. The Morgan fingerprint density at radius 2 is 2.17 bits per heavy atom. The molecule has 0 aliphatic carbocycles. The van der Waals surface area contributed by atoms with Crippen molar-refractivity contribution >= 4 is 11.6 Å². The lowest BCUT2D eigenvalue weighted by molar-refractivity contribution is -0.143. The van der Waals surface area contributed by atoms with Crippen molar-refractivity contribution in [2.75, 3.05) is 0 Å². The van der Waals surface area contributed by atoms with Crippen molar-refractivity contribution in [2.45, 2.75) is 32.9 Å². The molecule has 0 fully saturated rings. The highest BCUT2D eigenvalue weighted by molar-refractivity contribution is 5.77. The number of aromatic nitrogens is 2. The van der Waals surface area contributed by atoms with Crippen molar-refractivity contribution in [3.8, 4) is 0 Å². The first-order valence-electron chi connectivity index (χ1n) is 5.81. The van der Waals surface area contributed by atoms with Gasteiger partial charge in [0, 0.05) is 18.9 Å². The van der Waals surface area contributed by atoms with Crippen LogP contribution in [0.1, 0.15) is 25.1 Å². The maximum atomic E-state index is 11.0. The topological polar surface area (TPSA) is 66.6 Å². The molecule has 0 saturated carbocycles. The van der Waals surface area contributed by atoms with E-state index in [9.17, 15) is 4.79 Å². The molecule has 0 amide bonds. The molecule has 0 aromatic carbocycles. The minimum absolute atomic E-state index is 0.431. The minimum Gasteiger partial charge on any atom is -0.480 e. The Morgan fingerprint density at radius 3 is 2.83 bits per heavy atom. The van der Waals surface area contributed by atoms with E-state index in [1.54, 1.807) is 13.8 Å². The Balaban J connectivity index is 2.15. The molecule has 2 heterocycles. The van der Waals surface area contributed by atoms with Gasteiger partial charge in [-0.05, 0) is 32.4 Å². The summed E-state index contributed by atoms with van der Waals surface area (Å²) in [4.78, 5) is 15.4. The molecule has 2 rings (SSSR count). The highest BCUT2D eigenvalue weighted by Crippen LogP contribution is 2.09. The predicted molar refractivity (Wildman–Crippen MR) is 68.5 cm³/mol. The molecule has 0 radical (unpaired) electrons. The summed E-state index contributed by atoms with van der Waals surface area (Å²) in [6.45, 7) is 5.72. The van der Waals surface area contributed by atoms with Crippen molar-refractivity contribution in [1.82, 2.24) is 14.7 Å². The first-order chi connectivity index (χ1) is 8.38. The Bertz CT molecular complexity index is 587. The van der Waals surface area contributed by atoms with Gasteiger partial charge in [0.05, 0.1) is 5.69 Å². The molecule has 2 aromatic rings. The number of aryl methyl sites for hydroxylation is 1. The van der Waals surface area contributed by atoms with Gasteiger partial charge in [0.15, 0.2) is 0 Å². The van der Waals surface area contributed by atoms with E-state index in [2.05, 4.69) is 10.3 Å². The van der Waals surface area contributed by atoms with Crippen molar-refractivity contribution < 1.29 is 9.90 Å². The summed E-state index contributed by atoms with van der Waals surface area (Å²) in [5.41, 5.74) is 1.90. The lowest BCUT2D eigenvalue weighted by Crippen LogP contribution is -2.46. The van der Waals surface area contributed by atoms with E-state index in [0.717, 1.165) is 16.9 Å². The SMILES string of the molecule is Cc1ccc2nc(CNC(C)(C)C(=O)O)cn2c1. The Morgan fingerprint density at radius 1 is 1.44 bits per heavy atom. The van der Waals surface area contributed by atoms with E-state index >= 15 is 0 Å². The molecule has 5 nitrogen and oxygen atoms in total. The van der Waals surface area contributed by atoms with Crippen LogP contribution in [0.3, 0.4) is 0 Å². The van der Waals surface area contributed by atoms with Gasteiger partial charge in [-0.15, -0.1) is 0 Å². The molecule has 0 spiro atoms. The van der Waals surface area contributed by atoms with Gasteiger partial charge in [-0.2, -0.15) is 0 Å². The molecule has 2 aromatic heterocycles. The third-order valence-corrected chi connectivity index (χ3v) is 2.89. The third-order valence-electron chi connectivity index (χ3n) is 2.89. The first kappa shape index (κ1) is 12.6. The first-order valence-corrected chi connectivity index (χ1v) is 5.81. The van der Waals surface area contributed by atoms with Gasteiger partial charge in [-0.3, -0.25) is 10.1 Å². The lowest BCUT2D eigenvalue weighted by Gasteiger charge is -2.20. The van der Waals surface area contributed by atoms with Gasteiger partial charge in [-0.1, -0.05) is 6.07 Å². The molecule has 0 aliphatic heterocycles. The minimum atomic E-state index is -0.953. The monoisotopic (exact) mass is 247 g/mol. The number of carboxylic acids is 1. The lowest BCUT2D eigenvalue weighted by atomic mass is 10.1. The number of hydrogen-bond donors (Lipinski definition) is 2. The van der Waals surface area contributed by atoms with Crippen LogP contribution in [-0.2, 0) is 11.3 Å². The van der Waals surface area contributed by atoms with Crippen molar-refractivity contribution in [1.29, 1.82) is 0 Å². The van der Waals surface area contributed by atoms with Gasteiger partial charge in [-0.25, -0.2) is 4.98 Å². The number of rotatable bonds is 4. The normalized spacial score (nSPS) is 11.9. The van der Waals surface area contributed by atoms with E-state index in [1.165, 1.54) is 0 Å². The molecule has 0 aliphatic rings. The molecule has 5 heteroatoms. The summed E-state index contributed by atoms with van der Waals surface area (Å²) in [6.07, 6.45) is 3.90. The van der Waals surface area contributed by atoms with Crippen LogP contribution in [0.5, 0.6) is 0 Å². The number of nitrogens with one attached hydrogen (secondary N) is 1. The Hall–Kier alpha value is -1.88. The molecule has 0 saturated heterocycles. The largest absolute Gasteiger partial charge is 0.480 e. The highest BCUT2D eigenvalue weighted by Gasteiger charge is 2.26. The Labute approximate surface area is 105 Å². The summed E-state index contributed by atoms with van der Waals surface area (Å²) < 4.78 is 1.94. The zero-order valence-corrected chi connectivity index (χ0v) is 10.8. The van der Waals surface area contributed by atoms with Crippen LogP contribution in [0, 0.1) is 6.92 Å². The molecular weight excluding hydrogens is 230 g/mol. The fourth-order valence-electron chi connectivity index (χ4n) is 1.63. The molecule has 18 heavy (non-hydrogen) atoms. The van der Waals surface area contributed by atoms with Crippen molar-refractivity contribution in [2.24, 2.45) is 0 Å². The average Bonchev–Trinajstić information content (AvgIpc) is 2.68. The van der Waals surface area contributed by atoms with Gasteiger partial charge < -0.3 is 9.51 Å². The summed E-state index contributed by atoms with van der Waals surface area (Å²) in [5.74, 6) is -0.873. The fraction of sp³-hybridized carbons (Fsp3) is 0.385. The number of carboxylic acid groups (broad SMARTS) is 1. The predicted octanol–water partition coefficient (Wildman–Crippen LogP) is 1.60. The standard InChI is InChI=1S/C13H17N3O2/c1-9-4-5-11-15-10(8-16(11)7-9)6-14-13(2,3)12(17)18/h4-5,7-8,14H,6H2,1-3H3,(H,17,18). The Kier molecular flexibility index (Phi) is 3.09. The van der Waals surface area contributed by atoms with E-state index in [4.69, 9.17) is 5.11 Å². The molecule has 2 N–H and O–H groups in total. The van der Waals surface area contributed by atoms with Crippen LogP contribution in [0.2, 0.25) is 0 Å². The molecule has 96 valence electrons. The number of fused-ring (bicyclic) bond motifs is 1. The van der Waals surface area contributed by atoms with E-state index in [1.807, 2.05) is 35.9 Å². The fourth-order valence-corrected chi connectivity index (χ4v) is 1.63. The summed E-state index contributed by atoms with van der Waals surface area (Å²) in [7, 11) is 0. The number of pyridine rings is 1. The number of imidazole rings is 1. The number of carbonyl (C=O) groups is 1. The van der Waals surface area contributed by atoms with E-state index in [-0.39, 0.29) is 0 Å². The van der Waals surface area contributed by atoms with Gasteiger partial charge in [0.25, 0.3) is 0 Å². The summed E-state index contributed by atoms with van der Waals surface area (Å²) >= 11 is 0. The van der Waals surface area contributed by atoms with Crippen LogP contribution in [0.4, 0.5) is 0 Å². The number of aliphatic carboxylic acids is 1. The second-order valence-electron chi connectivity index (χ2n) is 4.99. The van der Waals surface area contributed by atoms with Crippen molar-refractivity contribution in [3.63, 3.8) is 0 Å². The zero-order chi connectivity index (χ0) is 13.3. The quantitative estimate of drug-likeness (QED) is 0.861. The molecule has 0 bridgehead atoms. The van der Waals surface area contributed by atoms with Gasteiger partial charge in [0.1, 0.15) is 11.2 Å². The maximum Gasteiger partial charge on any atom is 0.323 e.